The Morgan fingerprint density at radius 3 is 2.81 bits per heavy atom. The van der Waals surface area contributed by atoms with Gasteiger partial charge in [0, 0.05) is 12.1 Å². The highest BCUT2D eigenvalue weighted by molar-refractivity contribution is 6.33. The largest absolute Gasteiger partial charge is 0.438 e. The molecule has 31 heavy (non-hydrogen) atoms. The van der Waals surface area contributed by atoms with Crippen molar-refractivity contribution in [1.82, 2.24) is 20.2 Å². The molecular weight excluding hydrogens is 442 g/mol. The molecule has 0 unspecified atom stereocenters. The molecule has 7 nitrogen and oxygen atoms in total. The second-order valence-corrected chi connectivity index (χ2v) is 7.18. The number of alkyl halides is 3. The molecule has 0 radical (unpaired) electrons. The van der Waals surface area contributed by atoms with E-state index in [9.17, 15) is 22.4 Å². The van der Waals surface area contributed by atoms with Crippen molar-refractivity contribution in [3.8, 4) is 11.6 Å². The SMILES string of the molecule is C[C@@H]1c2ncnc(Oc3ccc(F)cc3C(F)(F)F)c2CCN1c1cn[nH]c(=O)c1Cl. The van der Waals surface area contributed by atoms with Gasteiger partial charge in [-0.15, -0.1) is 0 Å². The van der Waals surface area contributed by atoms with E-state index in [1.54, 1.807) is 6.92 Å². The molecule has 0 saturated heterocycles. The first-order valence-corrected chi connectivity index (χ1v) is 9.42. The molecule has 0 spiro atoms. The highest BCUT2D eigenvalue weighted by Gasteiger charge is 2.36. The Bertz CT molecular complexity index is 1200. The number of hydrogen-bond donors (Lipinski definition) is 1. The second-order valence-electron chi connectivity index (χ2n) is 6.80. The lowest BCUT2D eigenvalue weighted by Crippen LogP contribution is -2.36. The number of hydrogen-bond acceptors (Lipinski definition) is 6. The van der Waals surface area contributed by atoms with Crippen LogP contribution in [0.1, 0.15) is 29.8 Å². The van der Waals surface area contributed by atoms with Crippen molar-refractivity contribution in [3.05, 3.63) is 68.7 Å². The monoisotopic (exact) mass is 455 g/mol. The Balaban J connectivity index is 1.71. The Morgan fingerprint density at radius 2 is 2.06 bits per heavy atom. The Morgan fingerprint density at radius 1 is 1.29 bits per heavy atom. The molecular formula is C19H14ClF4N5O2. The van der Waals surface area contributed by atoms with Crippen LogP contribution in [-0.4, -0.2) is 26.7 Å². The lowest BCUT2D eigenvalue weighted by Gasteiger charge is -2.36. The van der Waals surface area contributed by atoms with Gasteiger partial charge in [-0.05, 0) is 31.5 Å². The molecule has 3 heterocycles. The van der Waals surface area contributed by atoms with Crippen LogP contribution in [0.5, 0.6) is 11.6 Å². The highest BCUT2D eigenvalue weighted by atomic mass is 35.5. The lowest BCUT2D eigenvalue weighted by atomic mass is 9.99. The molecule has 1 aliphatic rings. The maximum atomic E-state index is 13.4. The van der Waals surface area contributed by atoms with Gasteiger partial charge < -0.3 is 9.64 Å². The fourth-order valence-electron chi connectivity index (χ4n) is 3.49. The Labute approximate surface area is 177 Å². The third kappa shape index (κ3) is 3.92. The molecule has 0 bridgehead atoms. The maximum absolute atomic E-state index is 13.4. The van der Waals surface area contributed by atoms with E-state index in [-0.39, 0.29) is 10.9 Å². The Hall–Kier alpha value is -3.21. The van der Waals surface area contributed by atoms with Crippen molar-refractivity contribution >= 4 is 17.3 Å². The summed E-state index contributed by atoms with van der Waals surface area (Å²) in [5, 5.41) is 5.98. The number of halogens is 5. The van der Waals surface area contributed by atoms with Crippen molar-refractivity contribution < 1.29 is 22.3 Å². The minimum absolute atomic E-state index is 0.0306. The van der Waals surface area contributed by atoms with Crippen molar-refractivity contribution in [2.45, 2.75) is 25.6 Å². The molecule has 1 N–H and O–H groups in total. The van der Waals surface area contributed by atoms with E-state index in [1.807, 2.05) is 4.90 Å². The maximum Gasteiger partial charge on any atom is 0.420 e. The normalized spacial score (nSPS) is 16.2. The average Bonchev–Trinajstić information content (AvgIpc) is 2.72. The molecule has 162 valence electrons. The van der Waals surface area contributed by atoms with E-state index in [1.165, 1.54) is 12.5 Å². The Kier molecular flexibility index (Phi) is 5.29. The van der Waals surface area contributed by atoms with Crippen LogP contribution < -0.4 is 15.2 Å². The van der Waals surface area contributed by atoms with Gasteiger partial charge in [-0.25, -0.2) is 19.5 Å². The van der Waals surface area contributed by atoms with Gasteiger partial charge in [0.15, 0.2) is 0 Å². The van der Waals surface area contributed by atoms with Crippen LogP contribution in [0, 0.1) is 5.82 Å². The minimum atomic E-state index is -4.81. The third-order valence-electron chi connectivity index (χ3n) is 4.95. The average molecular weight is 456 g/mol. The fraction of sp³-hybridized carbons (Fsp3) is 0.263. The van der Waals surface area contributed by atoms with Crippen LogP contribution in [0.25, 0.3) is 0 Å². The van der Waals surface area contributed by atoms with Crippen molar-refractivity contribution in [1.29, 1.82) is 0 Å². The summed E-state index contributed by atoms with van der Waals surface area (Å²) < 4.78 is 58.8. The van der Waals surface area contributed by atoms with Crippen LogP contribution in [0.15, 0.2) is 35.5 Å². The van der Waals surface area contributed by atoms with Crippen LogP contribution >= 0.6 is 11.6 Å². The van der Waals surface area contributed by atoms with E-state index in [0.717, 1.165) is 12.1 Å². The number of fused-ring (bicyclic) bond motifs is 1. The quantitative estimate of drug-likeness (QED) is 0.593. The second kappa shape index (κ2) is 7.80. The third-order valence-corrected chi connectivity index (χ3v) is 5.31. The first-order valence-electron chi connectivity index (χ1n) is 9.05. The molecule has 1 aliphatic heterocycles. The summed E-state index contributed by atoms with van der Waals surface area (Å²) in [4.78, 5) is 21.8. The molecule has 0 fully saturated rings. The number of nitrogens with zero attached hydrogens (tertiary/aromatic N) is 4. The summed E-state index contributed by atoms with van der Waals surface area (Å²) >= 11 is 6.11. The summed E-state index contributed by atoms with van der Waals surface area (Å²) in [6.45, 7) is 2.16. The van der Waals surface area contributed by atoms with Crippen LogP contribution in [0.4, 0.5) is 23.2 Å². The topological polar surface area (TPSA) is 84.0 Å². The number of anilines is 1. The van der Waals surface area contributed by atoms with E-state index >= 15 is 0 Å². The summed E-state index contributed by atoms with van der Waals surface area (Å²) in [6.07, 6.45) is -1.92. The van der Waals surface area contributed by atoms with Crippen LogP contribution in [0.3, 0.4) is 0 Å². The van der Waals surface area contributed by atoms with E-state index in [0.29, 0.717) is 36.0 Å². The molecule has 12 heteroatoms. The van der Waals surface area contributed by atoms with E-state index in [4.69, 9.17) is 16.3 Å². The first kappa shape index (κ1) is 21.0. The highest BCUT2D eigenvalue weighted by Crippen LogP contribution is 2.41. The zero-order valence-electron chi connectivity index (χ0n) is 15.9. The lowest BCUT2D eigenvalue weighted by molar-refractivity contribution is -0.138. The van der Waals surface area contributed by atoms with Gasteiger partial charge in [0.25, 0.3) is 5.56 Å². The predicted octanol–water partition coefficient (Wildman–Crippen LogP) is 4.29. The number of nitrogens with one attached hydrogen (secondary N) is 1. The molecule has 0 amide bonds. The van der Waals surface area contributed by atoms with Gasteiger partial charge in [-0.3, -0.25) is 4.79 Å². The summed E-state index contributed by atoms with van der Waals surface area (Å²) in [7, 11) is 0. The van der Waals surface area contributed by atoms with Crippen LogP contribution in [0.2, 0.25) is 5.02 Å². The summed E-state index contributed by atoms with van der Waals surface area (Å²) in [5.74, 6) is -1.65. The van der Waals surface area contributed by atoms with E-state index < -0.39 is 34.9 Å². The van der Waals surface area contributed by atoms with E-state index in [2.05, 4.69) is 20.2 Å². The number of benzene rings is 1. The van der Waals surface area contributed by atoms with Gasteiger partial charge in [-0.1, -0.05) is 11.6 Å². The fourth-order valence-corrected chi connectivity index (χ4v) is 3.69. The molecule has 0 saturated carbocycles. The minimum Gasteiger partial charge on any atom is -0.438 e. The smallest absolute Gasteiger partial charge is 0.420 e. The molecule has 0 aliphatic carbocycles. The van der Waals surface area contributed by atoms with Gasteiger partial charge in [0.2, 0.25) is 5.88 Å². The number of aromatic nitrogens is 4. The first-order chi connectivity index (χ1) is 14.7. The number of aromatic amines is 1. The number of ether oxygens (including phenoxy) is 1. The van der Waals surface area contributed by atoms with Crippen LogP contribution in [-0.2, 0) is 12.6 Å². The zero-order valence-corrected chi connectivity index (χ0v) is 16.6. The number of H-pyrrole nitrogens is 1. The van der Waals surface area contributed by atoms with Gasteiger partial charge in [0.05, 0.1) is 23.6 Å². The molecule has 1 aromatic carbocycles. The molecule has 2 aromatic heterocycles. The summed E-state index contributed by atoms with van der Waals surface area (Å²) in [6, 6.07) is 1.76. The van der Waals surface area contributed by atoms with Crippen molar-refractivity contribution in [2.75, 3.05) is 11.4 Å². The summed E-state index contributed by atoms with van der Waals surface area (Å²) in [5.41, 5.74) is -0.366. The van der Waals surface area contributed by atoms with Crippen molar-refractivity contribution in [2.24, 2.45) is 0 Å². The van der Waals surface area contributed by atoms with Gasteiger partial charge >= 0.3 is 6.18 Å². The van der Waals surface area contributed by atoms with Gasteiger partial charge in [-0.2, -0.15) is 18.3 Å². The molecule has 4 rings (SSSR count). The van der Waals surface area contributed by atoms with Crippen molar-refractivity contribution in [3.63, 3.8) is 0 Å². The molecule has 3 aromatic rings. The van der Waals surface area contributed by atoms with Gasteiger partial charge in [0.1, 0.15) is 28.5 Å². The number of rotatable bonds is 3. The zero-order chi connectivity index (χ0) is 22.3. The standard InChI is InChI=1S/C19H14ClF4N5O2/c1-9-16-11(4-5-29(9)13-7-27-28-17(30)15(13)20)18(26-8-25-16)31-14-3-2-10(21)6-12(14)19(22,23)24/h2-3,6-9H,4-5H2,1H3,(H,28,30)/t9-/m1/s1. The molecule has 1 atom stereocenters. The predicted molar refractivity (Wildman–Crippen MR) is 103 cm³/mol.